The molecule has 0 fully saturated rings. The molecule has 0 saturated heterocycles. The topological polar surface area (TPSA) is 78.9 Å². The number of carbonyl (C=O) groups is 3. The second-order valence-electron chi connectivity index (χ2n) is 24.1. The highest BCUT2D eigenvalue weighted by atomic mass is 16.6. The molecule has 0 aliphatic carbocycles. The Morgan fingerprint density at radius 2 is 0.476 bits per heavy atom. The molecule has 82 heavy (non-hydrogen) atoms. The second kappa shape index (κ2) is 70.3. The van der Waals surface area contributed by atoms with E-state index in [-0.39, 0.29) is 31.1 Å². The molecular formula is C76H136O6. The highest BCUT2D eigenvalue weighted by Gasteiger charge is 2.19. The van der Waals surface area contributed by atoms with Gasteiger partial charge in [0.1, 0.15) is 13.2 Å². The van der Waals surface area contributed by atoms with Crippen molar-refractivity contribution in [3.63, 3.8) is 0 Å². The molecule has 1 atom stereocenters. The SMILES string of the molecule is CC/C=C\C/C=C\C/C=C\C/C=C\C/C=C\CCCCCCCCCCCCCCCCCCCCCC(=O)OCC(COC(=O)CCCCCCCCCC)OC(=O)CCCCCCCCCCC/C=C\CCCCCCCCCC. The Labute approximate surface area is 510 Å². The molecule has 0 radical (unpaired) electrons. The van der Waals surface area contributed by atoms with Gasteiger partial charge in [0.05, 0.1) is 0 Å². The van der Waals surface area contributed by atoms with Crippen molar-refractivity contribution >= 4 is 17.9 Å². The third kappa shape index (κ3) is 67.6. The summed E-state index contributed by atoms with van der Waals surface area (Å²) in [6.45, 7) is 6.55. The van der Waals surface area contributed by atoms with Gasteiger partial charge in [-0.1, -0.05) is 338 Å². The maximum atomic E-state index is 12.9. The minimum atomic E-state index is -0.771. The highest BCUT2D eigenvalue weighted by molar-refractivity contribution is 5.71. The summed E-state index contributed by atoms with van der Waals surface area (Å²) in [5.74, 6) is -0.854. The van der Waals surface area contributed by atoms with Crippen LogP contribution in [0.2, 0.25) is 0 Å². The van der Waals surface area contributed by atoms with Crippen molar-refractivity contribution < 1.29 is 28.6 Å². The highest BCUT2D eigenvalue weighted by Crippen LogP contribution is 2.18. The normalized spacial score (nSPS) is 12.5. The smallest absolute Gasteiger partial charge is 0.306 e. The molecule has 0 aliphatic heterocycles. The predicted molar refractivity (Wildman–Crippen MR) is 358 cm³/mol. The van der Waals surface area contributed by atoms with Crippen molar-refractivity contribution in [3.8, 4) is 0 Å². The molecule has 6 nitrogen and oxygen atoms in total. The van der Waals surface area contributed by atoms with E-state index in [9.17, 15) is 14.4 Å². The molecule has 0 spiro atoms. The Bertz CT molecular complexity index is 1500. The molecule has 0 saturated carbocycles. The summed E-state index contributed by atoms with van der Waals surface area (Å²) in [5.41, 5.74) is 0. The Kier molecular flexibility index (Phi) is 67.6. The summed E-state index contributed by atoms with van der Waals surface area (Å²) in [6.07, 6.45) is 92.5. The lowest BCUT2D eigenvalue weighted by molar-refractivity contribution is -0.167. The predicted octanol–water partition coefficient (Wildman–Crippen LogP) is 24.8. The molecule has 0 aromatic carbocycles. The maximum absolute atomic E-state index is 12.9. The molecular weight excluding hydrogens is 1010 g/mol. The van der Waals surface area contributed by atoms with Crippen molar-refractivity contribution in [2.75, 3.05) is 13.2 Å². The minimum Gasteiger partial charge on any atom is -0.462 e. The molecule has 6 heteroatoms. The van der Waals surface area contributed by atoms with Gasteiger partial charge in [-0.15, -0.1) is 0 Å². The van der Waals surface area contributed by atoms with Crippen LogP contribution in [0.15, 0.2) is 72.9 Å². The number of hydrogen-bond acceptors (Lipinski definition) is 6. The third-order valence-electron chi connectivity index (χ3n) is 15.9. The largest absolute Gasteiger partial charge is 0.462 e. The number of carbonyl (C=O) groups excluding carboxylic acids is 3. The molecule has 0 rings (SSSR count). The van der Waals surface area contributed by atoms with E-state index in [0.29, 0.717) is 19.3 Å². The monoisotopic (exact) mass is 1150 g/mol. The summed E-state index contributed by atoms with van der Waals surface area (Å²) in [4.78, 5) is 38.2. The zero-order chi connectivity index (χ0) is 59.2. The lowest BCUT2D eigenvalue weighted by Crippen LogP contribution is -2.30. The fourth-order valence-electron chi connectivity index (χ4n) is 10.6. The van der Waals surface area contributed by atoms with E-state index in [0.717, 1.165) is 89.9 Å². The number of allylic oxidation sites excluding steroid dienone is 12. The van der Waals surface area contributed by atoms with Gasteiger partial charge >= 0.3 is 17.9 Å². The van der Waals surface area contributed by atoms with Crippen LogP contribution in [0, 0.1) is 0 Å². The van der Waals surface area contributed by atoms with Crippen molar-refractivity contribution in [3.05, 3.63) is 72.9 Å². The average molecular weight is 1150 g/mol. The van der Waals surface area contributed by atoms with E-state index in [1.807, 2.05) is 0 Å². The maximum Gasteiger partial charge on any atom is 0.306 e. The van der Waals surface area contributed by atoms with Gasteiger partial charge in [-0.2, -0.15) is 0 Å². The summed E-state index contributed by atoms with van der Waals surface area (Å²) in [7, 11) is 0. The van der Waals surface area contributed by atoms with Gasteiger partial charge in [0, 0.05) is 19.3 Å². The van der Waals surface area contributed by atoms with Crippen LogP contribution in [0.1, 0.15) is 374 Å². The summed E-state index contributed by atoms with van der Waals surface area (Å²) >= 11 is 0. The Morgan fingerprint density at radius 3 is 0.756 bits per heavy atom. The van der Waals surface area contributed by atoms with Crippen LogP contribution in [0.25, 0.3) is 0 Å². The van der Waals surface area contributed by atoms with Crippen LogP contribution < -0.4 is 0 Å². The first kappa shape index (κ1) is 78.8. The van der Waals surface area contributed by atoms with Crippen LogP contribution in [0.4, 0.5) is 0 Å². The van der Waals surface area contributed by atoms with Gasteiger partial charge in [-0.25, -0.2) is 0 Å². The molecule has 476 valence electrons. The number of rotatable bonds is 66. The van der Waals surface area contributed by atoms with Gasteiger partial charge in [0.25, 0.3) is 0 Å². The van der Waals surface area contributed by atoms with Crippen molar-refractivity contribution in [2.24, 2.45) is 0 Å². The summed E-state index contributed by atoms with van der Waals surface area (Å²) in [6, 6.07) is 0. The number of hydrogen-bond donors (Lipinski definition) is 0. The molecule has 0 amide bonds. The van der Waals surface area contributed by atoms with Crippen LogP contribution in [0.3, 0.4) is 0 Å². The molecule has 0 aromatic heterocycles. The third-order valence-corrected chi connectivity index (χ3v) is 15.9. The molecule has 0 aliphatic rings. The van der Waals surface area contributed by atoms with E-state index in [1.165, 1.54) is 244 Å². The van der Waals surface area contributed by atoms with Crippen molar-refractivity contribution in [1.29, 1.82) is 0 Å². The van der Waals surface area contributed by atoms with Crippen LogP contribution in [0.5, 0.6) is 0 Å². The second-order valence-corrected chi connectivity index (χ2v) is 24.1. The van der Waals surface area contributed by atoms with E-state index in [2.05, 4.69) is 93.7 Å². The average Bonchev–Trinajstić information content (AvgIpc) is 3.47. The zero-order valence-electron chi connectivity index (χ0n) is 54.8. The van der Waals surface area contributed by atoms with Gasteiger partial charge in [-0.05, 0) is 89.9 Å². The van der Waals surface area contributed by atoms with Crippen LogP contribution in [-0.2, 0) is 28.6 Å². The van der Waals surface area contributed by atoms with E-state index in [4.69, 9.17) is 14.2 Å². The zero-order valence-corrected chi connectivity index (χ0v) is 54.8. The van der Waals surface area contributed by atoms with E-state index < -0.39 is 6.10 Å². The van der Waals surface area contributed by atoms with Gasteiger partial charge in [0.15, 0.2) is 6.10 Å². The van der Waals surface area contributed by atoms with E-state index >= 15 is 0 Å². The van der Waals surface area contributed by atoms with Crippen molar-refractivity contribution in [1.82, 2.24) is 0 Å². The molecule has 0 N–H and O–H groups in total. The quantitative estimate of drug-likeness (QED) is 0.0261. The van der Waals surface area contributed by atoms with Gasteiger partial charge in [0.2, 0.25) is 0 Å². The Hall–Kier alpha value is -3.15. The first-order chi connectivity index (χ1) is 40.5. The summed E-state index contributed by atoms with van der Waals surface area (Å²) in [5, 5.41) is 0. The van der Waals surface area contributed by atoms with E-state index in [1.54, 1.807) is 0 Å². The van der Waals surface area contributed by atoms with Crippen LogP contribution in [-0.4, -0.2) is 37.2 Å². The standard InChI is InChI=1S/C76H136O6/c1-4-7-10-13-16-19-21-23-25-27-29-31-32-33-34-35-36-37-38-39-40-41-42-43-44-46-47-49-51-53-55-57-60-63-66-69-75(78)81-72-73(71-80-74(77)68-65-62-59-18-15-12-9-6-3)82-76(79)70-67-64-61-58-56-54-52-50-48-45-30-28-26-24-22-20-17-14-11-8-5-2/h7,10,16,19,23,25,28-31,33-34,73H,4-6,8-9,11-15,17-18,20-22,24,26-27,32,35-72H2,1-3H3/b10-7-,19-16-,25-23-,30-28-,31-29-,34-33-. The molecule has 0 aromatic rings. The van der Waals surface area contributed by atoms with Gasteiger partial charge < -0.3 is 14.2 Å². The minimum absolute atomic E-state index is 0.0699. The summed E-state index contributed by atoms with van der Waals surface area (Å²) < 4.78 is 16.9. The number of unbranched alkanes of at least 4 members (excludes halogenated alkanes) is 43. The van der Waals surface area contributed by atoms with Crippen LogP contribution >= 0.6 is 0 Å². The number of ether oxygens (including phenoxy) is 3. The first-order valence-corrected chi connectivity index (χ1v) is 35.9. The first-order valence-electron chi connectivity index (χ1n) is 35.9. The molecule has 0 bridgehead atoms. The lowest BCUT2D eigenvalue weighted by atomic mass is 10.0. The molecule has 1 unspecified atom stereocenters. The fraction of sp³-hybridized carbons (Fsp3) is 0.803. The fourth-order valence-corrected chi connectivity index (χ4v) is 10.6. The number of esters is 3. The lowest BCUT2D eigenvalue weighted by Gasteiger charge is -2.18. The van der Waals surface area contributed by atoms with Crippen molar-refractivity contribution in [2.45, 2.75) is 380 Å². The molecule has 0 heterocycles. The Balaban J connectivity index is 4.02. The Morgan fingerprint density at radius 1 is 0.256 bits per heavy atom. The van der Waals surface area contributed by atoms with Gasteiger partial charge in [-0.3, -0.25) is 14.4 Å².